The van der Waals surface area contributed by atoms with E-state index in [1.165, 1.54) is 18.2 Å². The number of para-hydroxylation sites is 1. The van der Waals surface area contributed by atoms with Crippen molar-refractivity contribution in [1.29, 1.82) is 0 Å². The third-order valence-electron chi connectivity index (χ3n) is 4.44. The zero-order chi connectivity index (χ0) is 21.3. The predicted molar refractivity (Wildman–Crippen MR) is 116 cm³/mol. The van der Waals surface area contributed by atoms with Gasteiger partial charge in [0.1, 0.15) is 11.5 Å². The van der Waals surface area contributed by atoms with E-state index in [0.29, 0.717) is 38.2 Å². The van der Waals surface area contributed by atoms with Crippen molar-refractivity contribution in [2.45, 2.75) is 0 Å². The van der Waals surface area contributed by atoms with E-state index >= 15 is 0 Å². The maximum absolute atomic E-state index is 11.6. The number of halogens is 1. The Labute approximate surface area is 178 Å². The molecular weight excluding hydrogens is 452 g/mol. The molecule has 2 aromatic carbocycles. The molecule has 0 saturated carbocycles. The first-order valence-corrected chi connectivity index (χ1v) is 9.57. The minimum absolute atomic E-state index is 0.0195. The van der Waals surface area contributed by atoms with Crippen LogP contribution < -0.4 is 0 Å². The number of nitro groups is 1. The summed E-state index contributed by atoms with van der Waals surface area (Å²) in [5, 5.41) is 20.9. The highest BCUT2D eigenvalue weighted by Crippen LogP contribution is 2.33. The second-order valence-electron chi connectivity index (χ2n) is 6.37. The van der Waals surface area contributed by atoms with E-state index in [2.05, 4.69) is 20.9 Å². The van der Waals surface area contributed by atoms with Crippen LogP contribution in [0.5, 0.6) is 0 Å². The Bertz CT molecular complexity index is 1330. The molecule has 0 saturated heterocycles. The Hall–Kier alpha value is -3.78. The number of carboxylic acids is 1. The smallest absolute Gasteiger partial charge is 0.336 e. The molecule has 0 aliphatic heterocycles. The second-order valence-corrected chi connectivity index (χ2v) is 7.23. The average Bonchev–Trinajstić information content (AvgIpc) is 3.20. The summed E-state index contributed by atoms with van der Waals surface area (Å²) >= 11 is 3.33. The highest BCUT2D eigenvalue weighted by Gasteiger charge is 2.13. The standard InChI is InChI=1S/C22H13BrN2O5/c23-19-12-14(25(28)29)6-9-17(19)21-10-8-15(30-21)7-5-13-11-18(22(26)27)16-3-1-2-4-20(16)24-13/h1-12H,(H,26,27). The summed E-state index contributed by atoms with van der Waals surface area (Å²) in [7, 11) is 0. The van der Waals surface area contributed by atoms with Gasteiger partial charge in [-0.15, -0.1) is 0 Å². The number of nitrogens with zero attached hydrogens (tertiary/aromatic N) is 2. The van der Waals surface area contributed by atoms with Crippen LogP contribution in [0.25, 0.3) is 34.4 Å². The van der Waals surface area contributed by atoms with Crippen LogP contribution in [0.15, 0.2) is 69.6 Å². The Morgan fingerprint density at radius 2 is 1.90 bits per heavy atom. The largest absolute Gasteiger partial charge is 0.478 e. The number of rotatable bonds is 5. The van der Waals surface area contributed by atoms with Gasteiger partial charge in [0.25, 0.3) is 5.69 Å². The quantitative estimate of drug-likeness (QED) is 0.285. The molecule has 8 heteroatoms. The van der Waals surface area contributed by atoms with Crippen LogP contribution in [0, 0.1) is 10.1 Å². The van der Waals surface area contributed by atoms with Gasteiger partial charge in [-0.25, -0.2) is 9.78 Å². The lowest BCUT2D eigenvalue weighted by Crippen LogP contribution is -2.00. The number of nitro benzene ring substituents is 1. The Morgan fingerprint density at radius 3 is 2.63 bits per heavy atom. The van der Waals surface area contributed by atoms with Crippen molar-refractivity contribution < 1.29 is 19.2 Å². The lowest BCUT2D eigenvalue weighted by Gasteiger charge is -2.03. The van der Waals surface area contributed by atoms with Gasteiger partial charge in [0.05, 0.1) is 21.7 Å². The van der Waals surface area contributed by atoms with Crippen LogP contribution in [0.4, 0.5) is 5.69 Å². The fourth-order valence-electron chi connectivity index (χ4n) is 3.03. The van der Waals surface area contributed by atoms with Crippen LogP contribution in [0.2, 0.25) is 0 Å². The maximum atomic E-state index is 11.6. The molecule has 0 spiro atoms. The van der Waals surface area contributed by atoms with E-state index in [4.69, 9.17) is 4.42 Å². The fraction of sp³-hybridized carbons (Fsp3) is 0. The molecule has 0 unspecified atom stereocenters. The molecule has 7 nitrogen and oxygen atoms in total. The number of hydrogen-bond acceptors (Lipinski definition) is 5. The lowest BCUT2D eigenvalue weighted by atomic mass is 10.1. The van der Waals surface area contributed by atoms with Gasteiger partial charge in [0.15, 0.2) is 0 Å². The normalized spacial score (nSPS) is 11.2. The molecular formula is C22H13BrN2O5. The summed E-state index contributed by atoms with van der Waals surface area (Å²) in [6, 6.07) is 16.5. The van der Waals surface area contributed by atoms with Crippen LogP contribution >= 0.6 is 15.9 Å². The van der Waals surface area contributed by atoms with Crippen molar-refractivity contribution in [3.05, 3.63) is 92.3 Å². The zero-order valence-electron chi connectivity index (χ0n) is 15.3. The molecule has 30 heavy (non-hydrogen) atoms. The van der Waals surface area contributed by atoms with E-state index < -0.39 is 10.9 Å². The number of carbonyl (C=O) groups is 1. The van der Waals surface area contributed by atoms with Crippen molar-refractivity contribution in [1.82, 2.24) is 4.98 Å². The number of aromatic nitrogens is 1. The number of hydrogen-bond donors (Lipinski definition) is 1. The first kappa shape index (κ1) is 19.5. The summed E-state index contributed by atoms with van der Waals surface area (Å²) in [6.45, 7) is 0. The minimum atomic E-state index is -1.02. The number of non-ortho nitro benzene ring substituents is 1. The molecule has 0 radical (unpaired) electrons. The molecule has 0 bridgehead atoms. The molecule has 148 valence electrons. The lowest BCUT2D eigenvalue weighted by molar-refractivity contribution is -0.384. The number of aromatic carboxylic acids is 1. The number of carboxylic acid groups (broad SMARTS) is 1. The van der Waals surface area contributed by atoms with E-state index in [0.717, 1.165) is 0 Å². The Balaban J connectivity index is 1.64. The molecule has 4 aromatic rings. The maximum Gasteiger partial charge on any atom is 0.336 e. The third-order valence-corrected chi connectivity index (χ3v) is 5.10. The zero-order valence-corrected chi connectivity index (χ0v) is 16.9. The summed E-state index contributed by atoms with van der Waals surface area (Å²) in [4.78, 5) is 26.5. The molecule has 0 amide bonds. The summed E-state index contributed by atoms with van der Waals surface area (Å²) in [6.07, 6.45) is 3.36. The van der Waals surface area contributed by atoms with Gasteiger partial charge < -0.3 is 9.52 Å². The fourth-order valence-corrected chi connectivity index (χ4v) is 3.59. The van der Waals surface area contributed by atoms with E-state index in [1.807, 2.05) is 0 Å². The van der Waals surface area contributed by atoms with Crippen molar-refractivity contribution in [2.24, 2.45) is 0 Å². The van der Waals surface area contributed by atoms with Gasteiger partial charge >= 0.3 is 5.97 Å². The monoisotopic (exact) mass is 464 g/mol. The SMILES string of the molecule is O=C(O)c1cc(C=Cc2ccc(-c3ccc([N+](=O)[O-])cc3Br)o2)nc2ccccc12. The number of fused-ring (bicyclic) bond motifs is 1. The summed E-state index contributed by atoms with van der Waals surface area (Å²) in [5.41, 5.74) is 1.91. The van der Waals surface area contributed by atoms with Gasteiger partial charge in [-0.1, -0.05) is 18.2 Å². The highest BCUT2D eigenvalue weighted by molar-refractivity contribution is 9.10. The van der Waals surface area contributed by atoms with Crippen molar-refractivity contribution in [2.75, 3.05) is 0 Å². The van der Waals surface area contributed by atoms with Crippen LogP contribution in [-0.4, -0.2) is 21.0 Å². The molecule has 0 atom stereocenters. The highest BCUT2D eigenvalue weighted by atomic mass is 79.9. The molecule has 0 aliphatic rings. The van der Waals surface area contributed by atoms with Crippen molar-refractivity contribution in [3.8, 4) is 11.3 Å². The van der Waals surface area contributed by atoms with Crippen LogP contribution in [-0.2, 0) is 0 Å². The average molecular weight is 465 g/mol. The summed E-state index contributed by atoms with van der Waals surface area (Å²) in [5.74, 6) is 0.0442. The Kier molecular flexibility index (Phi) is 5.16. The topological polar surface area (TPSA) is 106 Å². The van der Waals surface area contributed by atoms with Gasteiger partial charge in [-0.2, -0.15) is 0 Å². The number of pyridine rings is 1. The molecule has 0 fully saturated rings. The van der Waals surface area contributed by atoms with Crippen LogP contribution in [0.1, 0.15) is 21.8 Å². The second kappa shape index (κ2) is 7.92. The van der Waals surface area contributed by atoms with Gasteiger partial charge in [0, 0.05) is 27.6 Å². The molecule has 1 N–H and O–H groups in total. The first-order chi connectivity index (χ1) is 14.4. The first-order valence-electron chi connectivity index (χ1n) is 8.78. The van der Waals surface area contributed by atoms with E-state index in [-0.39, 0.29) is 11.3 Å². The van der Waals surface area contributed by atoms with Gasteiger partial charge in [0.2, 0.25) is 0 Å². The number of furan rings is 1. The third kappa shape index (κ3) is 3.85. The molecule has 2 aromatic heterocycles. The van der Waals surface area contributed by atoms with Crippen molar-refractivity contribution in [3.63, 3.8) is 0 Å². The van der Waals surface area contributed by atoms with E-state index in [9.17, 15) is 20.0 Å². The van der Waals surface area contributed by atoms with Gasteiger partial charge in [-0.3, -0.25) is 10.1 Å². The Morgan fingerprint density at radius 1 is 1.10 bits per heavy atom. The summed E-state index contributed by atoms with van der Waals surface area (Å²) < 4.78 is 6.35. The predicted octanol–water partition coefficient (Wildman–Crippen LogP) is 6.03. The number of benzene rings is 2. The van der Waals surface area contributed by atoms with Crippen molar-refractivity contribution >= 4 is 50.6 Å². The van der Waals surface area contributed by atoms with Gasteiger partial charge in [-0.05, 0) is 58.4 Å². The minimum Gasteiger partial charge on any atom is -0.478 e. The molecule has 0 aliphatic carbocycles. The van der Waals surface area contributed by atoms with E-state index in [1.54, 1.807) is 54.6 Å². The molecule has 2 heterocycles. The molecule has 4 rings (SSSR count). The van der Waals surface area contributed by atoms with Crippen LogP contribution in [0.3, 0.4) is 0 Å².